The summed E-state index contributed by atoms with van der Waals surface area (Å²) in [5, 5.41) is 3.36. The van der Waals surface area contributed by atoms with Gasteiger partial charge >= 0.3 is 0 Å². The molecule has 0 aliphatic carbocycles. The minimum absolute atomic E-state index is 0.766. The highest BCUT2D eigenvalue weighted by Crippen LogP contribution is 2.05. The molecule has 1 N–H and O–H groups in total. The van der Waals surface area contributed by atoms with Crippen molar-refractivity contribution in [1.82, 2.24) is 15.3 Å². The summed E-state index contributed by atoms with van der Waals surface area (Å²) >= 11 is 0. The molecule has 0 fully saturated rings. The Kier molecular flexibility index (Phi) is 6.74. The number of rotatable bonds is 8. The largest absolute Gasteiger partial charge is 0.385 e. The van der Waals surface area contributed by atoms with Crippen molar-refractivity contribution >= 4 is 0 Å². The fourth-order valence-electron chi connectivity index (χ4n) is 1.61. The maximum absolute atomic E-state index is 5.02. The lowest BCUT2D eigenvalue weighted by Gasteiger charge is -2.07. The number of hydrogen-bond donors (Lipinski definition) is 1. The summed E-state index contributed by atoms with van der Waals surface area (Å²) < 4.78 is 5.02. The number of nitrogens with zero attached hydrogens (tertiary/aromatic N) is 2. The molecule has 1 heterocycles. The lowest BCUT2D eigenvalue weighted by atomic mass is 10.2. The topological polar surface area (TPSA) is 47.0 Å². The van der Waals surface area contributed by atoms with Gasteiger partial charge in [0.05, 0.1) is 0 Å². The van der Waals surface area contributed by atoms with Gasteiger partial charge in [0.25, 0.3) is 0 Å². The molecule has 0 aliphatic heterocycles. The molecule has 96 valence electrons. The molecule has 1 rings (SSSR count). The first-order chi connectivity index (χ1) is 8.27. The van der Waals surface area contributed by atoms with Gasteiger partial charge in [0.1, 0.15) is 5.82 Å². The van der Waals surface area contributed by atoms with Crippen molar-refractivity contribution < 1.29 is 4.74 Å². The number of ether oxygens (including phenoxy) is 1. The molecule has 0 aliphatic rings. The summed E-state index contributed by atoms with van der Waals surface area (Å²) in [5.74, 6) is 0.916. The van der Waals surface area contributed by atoms with Crippen LogP contribution in [0.5, 0.6) is 0 Å². The van der Waals surface area contributed by atoms with Crippen molar-refractivity contribution in [2.45, 2.75) is 39.7 Å². The van der Waals surface area contributed by atoms with Crippen LogP contribution in [-0.4, -0.2) is 30.2 Å². The van der Waals surface area contributed by atoms with Crippen LogP contribution in [0.15, 0.2) is 6.20 Å². The smallest absolute Gasteiger partial charge is 0.128 e. The van der Waals surface area contributed by atoms with Crippen LogP contribution in [0.25, 0.3) is 0 Å². The van der Waals surface area contributed by atoms with E-state index in [1.165, 1.54) is 5.56 Å². The fraction of sp³-hybridized carbons (Fsp3) is 0.692. The number of aromatic nitrogens is 2. The van der Waals surface area contributed by atoms with Crippen LogP contribution in [-0.2, 0) is 17.7 Å². The van der Waals surface area contributed by atoms with Crippen molar-refractivity contribution in [2.24, 2.45) is 0 Å². The number of nitrogens with one attached hydrogen (secondary N) is 1. The average molecular weight is 237 g/mol. The number of hydrogen-bond acceptors (Lipinski definition) is 4. The summed E-state index contributed by atoms with van der Waals surface area (Å²) in [5.41, 5.74) is 2.27. The third-order valence-electron chi connectivity index (χ3n) is 2.62. The van der Waals surface area contributed by atoms with Crippen LogP contribution in [0.3, 0.4) is 0 Å². The zero-order valence-corrected chi connectivity index (χ0v) is 11.1. The van der Waals surface area contributed by atoms with E-state index in [0.29, 0.717) is 0 Å². The van der Waals surface area contributed by atoms with Gasteiger partial charge in [-0.3, -0.25) is 0 Å². The number of methoxy groups -OCH3 is 1. The summed E-state index contributed by atoms with van der Waals surface area (Å²) in [6.45, 7) is 6.87. The second kappa shape index (κ2) is 8.14. The molecule has 4 nitrogen and oxygen atoms in total. The van der Waals surface area contributed by atoms with E-state index in [9.17, 15) is 0 Å². The first-order valence-corrected chi connectivity index (χ1v) is 6.29. The Morgan fingerprint density at radius 2 is 2.24 bits per heavy atom. The second-order valence-electron chi connectivity index (χ2n) is 4.17. The maximum Gasteiger partial charge on any atom is 0.128 e. The third-order valence-corrected chi connectivity index (χ3v) is 2.62. The highest BCUT2D eigenvalue weighted by Gasteiger charge is 2.03. The van der Waals surface area contributed by atoms with Crippen LogP contribution in [0, 0.1) is 6.92 Å². The normalized spacial score (nSPS) is 10.8. The van der Waals surface area contributed by atoms with Crippen LogP contribution in [0.1, 0.15) is 36.8 Å². The minimum Gasteiger partial charge on any atom is -0.385 e. The zero-order chi connectivity index (χ0) is 12.5. The van der Waals surface area contributed by atoms with Crippen molar-refractivity contribution in [3.8, 4) is 0 Å². The Morgan fingerprint density at radius 3 is 2.88 bits per heavy atom. The van der Waals surface area contributed by atoms with E-state index in [1.807, 2.05) is 13.1 Å². The maximum atomic E-state index is 5.02. The number of aryl methyl sites for hydroxylation is 2. The summed E-state index contributed by atoms with van der Waals surface area (Å²) in [7, 11) is 1.72. The van der Waals surface area contributed by atoms with Gasteiger partial charge in [0.2, 0.25) is 0 Å². The van der Waals surface area contributed by atoms with Crippen LogP contribution in [0.4, 0.5) is 0 Å². The van der Waals surface area contributed by atoms with E-state index < -0.39 is 0 Å². The van der Waals surface area contributed by atoms with Gasteiger partial charge < -0.3 is 10.1 Å². The molecule has 1 aromatic rings. The van der Waals surface area contributed by atoms with Crippen molar-refractivity contribution in [3.63, 3.8) is 0 Å². The summed E-state index contributed by atoms with van der Waals surface area (Å²) in [6, 6.07) is 0. The zero-order valence-electron chi connectivity index (χ0n) is 11.1. The van der Waals surface area contributed by atoms with Gasteiger partial charge in [-0.05, 0) is 26.3 Å². The van der Waals surface area contributed by atoms with Gasteiger partial charge in [0, 0.05) is 44.1 Å². The average Bonchev–Trinajstić information content (AvgIpc) is 2.32. The van der Waals surface area contributed by atoms with Gasteiger partial charge in [-0.25, -0.2) is 9.97 Å². The molecule has 4 heteroatoms. The molecule has 1 aromatic heterocycles. The van der Waals surface area contributed by atoms with Gasteiger partial charge in [-0.2, -0.15) is 0 Å². The van der Waals surface area contributed by atoms with E-state index in [2.05, 4.69) is 22.2 Å². The fourth-order valence-corrected chi connectivity index (χ4v) is 1.61. The molecule has 0 bridgehead atoms. The van der Waals surface area contributed by atoms with E-state index in [1.54, 1.807) is 7.11 Å². The molecule has 17 heavy (non-hydrogen) atoms. The predicted molar refractivity (Wildman–Crippen MR) is 69.0 cm³/mol. The monoisotopic (exact) mass is 237 g/mol. The first-order valence-electron chi connectivity index (χ1n) is 6.29. The molecule has 0 radical (unpaired) electrons. The van der Waals surface area contributed by atoms with Crippen LogP contribution in [0.2, 0.25) is 0 Å². The third kappa shape index (κ3) is 5.24. The molecule has 0 amide bonds. The van der Waals surface area contributed by atoms with Crippen molar-refractivity contribution in [2.75, 3.05) is 20.3 Å². The predicted octanol–water partition coefficient (Wildman–Crippen LogP) is 1.86. The van der Waals surface area contributed by atoms with Crippen LogP contribution >= 0.6 is 0 Å². The highest BCUT2D eigenvalue weighted by molar-refractivity contribution is 5.15. The molecule has 0 saturated heterocycles. The quantitative estimate of drug-likeness (QED) is 0.701. The molecular formula is C13H23N3O. The molecule has 0 saturated carbocycles. The molecule has 0 aromatic carbocycles. The Morgan fingerprint density at radius 1 is 1.41 bits per heavy atom. The van der Waals surface area contributed by atoms with Crippen LogP contribution < -0.4 is 5.32 Å². The van der Waals surface area contributed by atoms with Gasteiger partial charge in [0.15, 0.2) is 0 Å². The Bertz CT molecular complexity index is 328. The molecule has 0 unspecified atom stereocenters. The van der Waals surface area contributed by atoms with Gasteiger partial charge in [-0.15, -0.1) is 0 Å². The van der Waals surface area contributed by atoms with Gasteiger partial charge in [-0.1, -0.05) is 6.92 Å². The molecular weight excluding hydrogens is 214 g/mol. The Hall–Kier alpha value is -1.00. The summed E-state index contributed by atoms with van der Waals surface area (Å²) in [6.07, 6.45) is 4.95. The SMILES string of the molecule is CCCNCc1cnc(CCCOC)nc1C. The lowest BCUT2D eigenvalue weighted by molar-refractivity contribution is 0.194. The summed E-state index contributed by atoms with van der Waals surface area (Å²) in [4.78, 5) is 8.90. The Balaban J connectivity index is 2.47. The first kappa shape index (κ1) is 14.1. The van der Waals surface area contributed by atoms with E-state index in [-0.39, 0.29) is 0 Å². The molecule has 0 atom stereocenters. The van der Waals surface area contributed by atoms with E-state index >= 15 is 0 Å². The lowest BCUT2D eigenvalue weighted by Crippen LogP contribution is -2.15. The Labute approximate surface area is 104 Å². The second-order valence-corrected chi connectivity index (χ2v) is 4.17. The molecule has 0 spiro atoms. The minimum atomic E-state index is 0.766. The van der Waals surface area contributed by atoms with E-state index in [0.717, 1.165) is 50.5 Å². The standard InChI is InChI=1S/C13H23N3O/c1-4-7-14-9-12-10-15-13(16-11(12)2)6-5-8-17-3/h10,14H,4-9H2,1-3H3. The van der Waals surface area contributed by atoms with Crippen molar-refractivity contribution in [1.29, 1.82) is 0 Å². The highest BCUT2D eigenvalue weighted by atomic mass is 16.5. The van der Waals surface area contributed by atoms with Crippen molar-refractivity contribution in [3.05, 3.63) is 23.3 Å². The van der Waals surface area contributed by atoms with E-state index in [4.69, 9.17) is 4.74 Å².